The van der Waals surface area contributed by atoms with Crippen LogP contribution in [0.2, 0.25) is 0 Å². The van der Waals surface area contributed by atoms with Crippen LogP contribution < -0.4 is 15.4 Å². The molecule has 2 aromatic rings. The van der Waals surface area contributed by atoms with Crippen LogP contribution in [0, 0.1) is 13.8 Å². The van der Waals surface area contributed by atoms with Crippen LogP contribution in [0.25, 0.3) is 0 Å². The fraction of sp³-hybridized carbons (Fsp3) is 0.350. The van der Waals surface area contributed by atoms with Crippen LogP contribution in [0.3, 0.4) is 0 Å². The van der Waals surface area contributed by atoms with E-state index < -0.39 is 0 Å². The van der Waals surface area contributed by atoms with Crippen LogP contribution in [0.15, 0.2) is 42.5 Å². The number of anilines is 1. The minimum atomic E-state index is 0.147. The predicted molar refractivity (Wildman–Crippen MR) is 106 cm³/mol. The summed E-state index contributed by atoms with van der Waals surface area (Å²) in [4.78, 5) is 0. The van der Waals surface area contributed by atoms with Crippen LogP contribution in [-0.4, -0.2) is 11.2 Å². The number of benzene rings is 2. The molecule has 2 N–H and O–H groups in total. The summed E-state index contributed by atoms with van der Waals surface area (Å²) in [5.41, 5.74) is 4.72. The number of hydrogen-bond acceptors (Lipinski definition) is 2. The molecule has 4 heteroatoms. The third-order valence-electron chi connectivity index (χ3n) is 3.73. The highest BCUT2D eigenvalue weighted by Crippen LogP contribution is 2.20. The molecule has 0 amide bonds. The average Bonchev–Trinajstić information content (AvgIpc) is 2.51. The molecule has 0 saturated heterocycles. The van der Waals surface area contributed by atoms with Crippen LogP contribution in [-0.2, 0) is 0 Å². The first-order valence-corrected chi connectivity index (χ1v) is 8.67. The van der Waals surface area contributed by atoms with Gasteiger partial charge < -0.3 is 15.4 Å². The first kappa shape index (κ1) is 18.3. The Balaban J connectivity index is 1.96. The lowest BCUT2D eigenvalue weighted by Gasteiger charge is -2.20. The first-order chi connectivity index (χ1) is 11.3. The van der Waals surface area contributed by atoms with E-state index in [1.54, 1.807) is 0 Å². The largest absolute Gasteiger partial charge is 0.491 e. The van der Waals surface area contributed by atoms with Crippen molar-refractivity contribution in [2.24, 2.45) is 0 Å². The topological polar surface area (TPSA) is 33.3 Å². The number of ether oxygens (including phenoxy) is 1. The molecular weight excluding hydrogens is 316 g/mol. The van der Waals surface area contributed by atoms with E-state index in [1.165, 1.54) is 16.7 Å². The molecule has 0 aliphatic heterocycles. The number of nitrogens with one attached hydrogen (secondary N) is 2. The Labute approximate surface area is 150 Å². The molecule has 0 spiro atoms. The van der Waals surface area contributed by atoms with Crippen molar-refractivity contribution in [3.8, 4) is 5.75 Å². The van der Waals surface area contributed by atoms with E-state index in [9.17, 15) is 0 Å². The lowest BCUT2D eigenvalue weighted by atomic mass is 10.0. The molecule has 0 aromatic heterocycles. The van der Waals surface area contributed by atoms with Gasteiger partial charge in [-0.25, -0.2) is 0 Å². The second-order valence-electron chi connectivity index (χ2n) is 6.37. The molecule has 2 rings (SSSR count). The molecule has 0 aliphatic rings. The van der Waals surface area contributed by atoms with E-state index in [-0.39, 0.29) is 12.1 Å². The van der Waals surface area contributed by atoms with Gasteiger partial charge in [0.05, 0.1) is 12.1 Å². The maximum absolute atomic E-state index is 5.64. The van der Waals surface area contributed by atoms with Crippen molar-refractivity contribution in [1.29, 1.82) is 0 Å². The zero-order valence-corrected chi connectivity index (χ0v) is 15.8. The molecule has 0 bridgehead atoms. The van der Waals surface area contributed by atoms with Gasteiger partial charge in [0, 0.05) is 5.69 Å². The van der Waals surface area contributed by atoms with Crippen molar-refractivity contribution >= 4 is 23.0 Å². The third-order valence-corrected chi connectivity index (χ3v) is 3.95. The van der Waals surface area contributed by atoms with Gasteiger partial charge in [0.1, 0.15) is 5.75 Å². The van der Waals surface area contributed by atoms with Gasteiger partial charge in [-0.2, -0.15) is 0 Å². The summed E-state index contributed by atoms with van der Waals surface area (Å²) >= 11 is 5.44. The molecule has 0 aliphatic carbocycles. The molecule has 24 heavy (non-hydrogen) atoms. The van der Waals surface area contributed by atoms with Gasteiger partial charge >= 0.3 is 0 Å². The fourth-order valence-corrected chi connectivity index (χ4v) is 2.85. The van der Waals surface area contributed by atoms with Crippen LogP contribution in [0.4, 0.5) is 5.69 Å². The summed E-state index contributed by atoms with van der Waals surface area (Å²) in [7, 11) is 0. The molecule has 1 atom stereocenters. The summed E-state index contributed by atoms with van der Waals surface area (Å²) in [5.74, 6) is 0.859. The quantitative estimate of drug-likeness (QED) is 0.737. The molecule has 0 fully saturated rings. The minimum Gasteiger partial charge on any atom is -0.491 e. The Morgan fingerprint density at radius 1 is 1.00 bits per heavy atom. The number of hydrogen-bond donors (Lipinski definition) is 2. The second kappa shape index (κ2) is 8.15. The highest BCUT2D eigenvalue weighted by Gasteiger charge is 2.10. The summed E-state index contributed by atoms with van der Waals surface area (Å²) in [5, 5.41) is 7.18. The lowest BCUT2D eigenvalue weighted by Crippen LogP contribution is -2.31. The van der Waals surface area contributed by atoms with Gasteiger partial charge in [0.25, 0.3) is 0 Å². The van der Waals surface area contributed by atoms with Crippen molar-refractivity contribution in [2.75, 3.05) is 5.32 Å². The average molecular weight is 343 g/mol. The van der Waals surface area contributed by atoms with Crippen molar-refractivity contribution < 1.29 is 4.74 Å². The Morgan fingerprint density at radius 3 is 2.29 bits per heavy atom. The number of rotatable bonds is 5. The van der Waals surface area contributed by atoms with E-state index >= 15 is 0 Å². The molecule has 128 valence electrons. The maximum atomic E-state index is 5.64. The van der Waals surface area contributed by atoms with E-state index in [1.807, 2.05) is 38.1 Å². The molecule has 0 heterocycles. The molecule has 0 radical (unpaired) electrons. The van der Waals surface area contributed by atoms with Gasteiger partial charge in [-0.3, -0.25) is 0 Å². The van der Waals surface area contributed by atoms with Gasteiger partial charge in [0.2, 0.25) is 0 Å². The smallest absolute Gasteiger partial charge is 0.171 e. The zero-order valence-electron chi connectivity index (χ0n) is 15.0. The maximum Gasteiger partial charge on any atom is 0.171 e. The van der Waals surface area contributed by atoms with Crippen molar-refractivity contribution in [3.63, 3.8) is 0 Å². The third kappa shape index (κ3) is 5.24. The van der Waals surface area contributed by atoms with E-state index in [4.69, 9.17) is 17.0 Å². The highest BCUT2D eigenvalue weighted by atomic mass is 32.1. The Bertz CT molecular complexity index is 695. The monoisotopic (exact) mass is 342 g/mol. The normalized spacial score (nSPS) is 11.9. The van der Waals surface area contributed by atoms with Gasteiger partial charge in [-0.1, -0.05) is 23.8 Å². The Hall–Kier alpha value is -2.07. The van der Waals surface area contributed by atoms with Crippen LogP contribution in [0.1, 0.15) is 43.5 Å². The number of aryl methyl sites for hydroxylation is 2. The first-order valence-electron chi connectivity index (χ1n) is 8.26. The van der Waals surface area contributed by atoms with Gasteiger partial charge in [-0.15, -0.1) is 0 Å². The molecule has 2 aromatic carbocycles. The molecule has 3 nitrogen and oxygen atoms in total. The summed E-state index contributed by atoms with van der Waals surface area (Å²) < 4.78 is 5.64. The zero-order chi connectivity index (χ0) is 17.7. The molecule has 0 saturated carbocycles. The predicted octanol–water partition coefficient (Wildman–Crippen LogP) is 5.14. The summed E-state index contributed by atoms with van der Waals surface area (Å²) in [6, 6.07) is 14.4. The Morgan fingerprint density at radius 2 is 1.67 bits per heavy atom. The number of thiocarbonyl (C=S) groups is 1. The van der Waals surface area contributed by atoms with Crippen LogP contribution >= 0.6 is 12.2 Å². The minimum absolute atomic E-state index is 0.147. The highest BCUT2D eigenvalue weighted by molar-refractivity contribution is 7.80. The van der Waals surface area contributed by atoms with Gasteiger partial charge in [-0.05, 0) is 82.2 Å². The van der Waals surface area contributed by atoms with Gasteiger partial charge in [0.15, 0.2) is 5.11 Å². The molecule has 1 unspecified atom stereocenters. The lowest BCUT2D eigenvalue weighted by molar-refractivity contribution is 0.242. The van der Waals surface area contributed by atoms with Crippen LogP contribution in [0.5, 0.6) is 5.75 Å². The Kier molecular flexibility index (Phi) is 6.21. The van der Waals surface area contributed by atoms with E-state index in [2.05, 4.69) is 49.6 Å². The summed E-state index contributed by atoms with van der Waals surface area (Å²) in [6.45, 7) is 10.4. The fourth-order valence-electron chi connectivity index (χ4n) is 2.56. The SMILES string of the molecule is Cc1ccc(C)c(C(C)NC(=S)Nc2ccc(OC(C)C)cc2)c1. The summed E-state index contributed by atoms with van der Waals surface area (Å²) in [6.07, 6.45) is 0.171. The van der Waals surface area contributed by atoms with Crippen molar-refractivity contribution in [2.45, 2.75) is 46.8 Å². The standard InChI is InChI=1S/C20H26N2OS/c1-13(2)23-18-10-8-17(9-11-18)22-20(24)21-16(5)19-12-14(3)6-7-15(19)4/h6-13,16H,1-5H3,(H2,21,22,24). The molecular formula is C20H26N2OS. The van der Waals surface area contributed by atoms with Crippen molar-refractivity contribution in [1.82, 2.24) is 5.32 Å². The van der Waals surface area contributed by atoms with E-state index in [0.717, 1.165) is 11.4 Å². The van der Waals surface area contributed by atoms with Crippen molar-refractivity contribution in [3.05, 3.63) is 59.2 Å². The van der Waals surface area contributed by atoms with E-state index in [0.29, 0.717) is 5.11 Å². The second-order valence-corrected chi connectivity index (χ2v) is 6.78.